The van der Waals surface area contributed by atoms with Gasteiger partial charge in [0.15, 0.2) is 0 Å². The quantitative estimate of drug-likeness (QED) is 0.172. The highest BCUT2D eigenvalue weighted by atomic mass is 15.1. The van der Waals surface area contributed by atoms with Crippen LogP contribution in [0.25, 0.3) is 60.9 Å². The molecular weight excluding hydrogens is 689 g/mol. The molecule has 0 radical (unpaired) electrons. The summed E-state index contributed by atoms with van der Waals surface area (Å²) in [7, 11) is 0. The molecule has 9 aromatic carbocycles. The summed E-state index contributed by atoms with van der Waals surface area (Å²) in [6.45, 7) is 0. The minimum Gasteiger partial charge on any atom is -0.310 e. The summed E-state index contributed by atoms with van der Waals surface area (Å²) in [5, 5.41) is 2.57. The van der Waals surface area contributed by atoms with Crippen LogP contribution in [-0.2, 0) is 5.41 Å². The first-order valence-electron chi connectivity index (χ1n) is 19.8. The summed E-state index contributed by atoms with van der Waals surface area (Å²) < 4.78 is 2.51. The van der Waals surface area contributed by atoms with Crippen molar-refractivity contribution in [1.82, 2.24) is 4.57 Å². The van der Waals surface area contributed by atoms with Crippen LogP contribution >= 0.6 is 0 Å². The number of hydrogen-bond acceptors (Lipinski definition) is 1. The standard InChI is InChI=1S/C55H36N2/c1-3-16-37(17-4-1)38-30-32-39(33-31-38)42-20-8-12-27-51(42)56(40-18-5-2-6-19-40)41-34-35-44-43-21-7-10-24-47(43)55(50(44)36-41)48-25-11-14-29-53(48)57-52-28-13-9-22-45(52)46-23-15-26-49(55)54(46)57/h1-36H. The molecule has 57 heavy (non-hydrogen) atoms. The van der Waals surface area contributed by atoms with Crippen molar-refractivity contribution in [1.29, 1.82) is 0 Å². The van der Waals surface area contributed by atoms with Gasteiger partial charge in [-0.3, -0.25) is 0 Å². The van der Waals surface area contributed by atoms with E-state index in [-0.39, 0.29) is 0 Å². The maximum atomic E-state index is 2.51. The number of rotatable bonds is 5. The van der Waals surface area contributed by atoms with Crippen LogP contribution in [0.1, 0.15) is 22.3 Å². The molecule has 0 fully saturated rings. The summed E-state index contributed by atoms with van der Waals surface area (Å²) in [6.07, 6.45) is 0. The lowest BCUT2D eigenvalue weighted by atomic mass is 9.65. The van der Waals surface area contributed by atoms with Crippen molar-refractivity contribution in [2.75, 3.05) is 4.90 Å². The average Bonchev–Trinajstić information content (AvgIpc) is 3.78. The average molecular weight is 725 g/mol. The van der Waals surface area contributed by atoms with Crippen LogP contribution in [-0.4, -0.2) is 4.57 Å². The lowest BCUT2D eigenvalue weighted by molar-refractivity contribution is 0.748. The summed E-state index contributed by atoms with van der Waals surface area (Å²) in [5.74, 6) is 0. The molecule has 1 unspecified atom stereocenters. The van der Waals surface area contributed by atoms with E-state index in [1.165, 1.54) is 83.1 Å². The largest absolute Gasteiger partial charge is 0.310 e. The molecule has 266 valence electrons. The Morgan fingerprint density at radius 3 is 1.79 bits per heavy atom. The van der Waals surface area contributed by atoms with Gasteiger partial charge in [-0.2, -0.15) is 0 Å². The van der Waals surface area contributed by atoms with Gasteiger partial charge in [0.2, 0.25) is 0 Å². The second kappa shape index (κ2) is 12.3. The van der Waals surface area contributed by atoms with E-state index in [4.69, 9.17) is 0 Å². The highest BCUT2D eigenvalue weighted by Crippen LogP contribution is 2.61. The fourth-order valence-corrected chi connectivity index (χ4v) is 10.1. The van der Waals surface area contributed by atoms with Gasteiger partial charge < -0.3 is 9.47 Å². The number of hydrogen-bond donors (Lipinski definition) is 0. The third-order valence-corrected chi connectivity index (χ3v) is 12.4. The molecule has 0 saturated heterocycles. The van der Waals surface area contributed by atoms with Gasteiger partial charge in [-0.15, -0.1) is 0 Å². The summed E-state index contributed by atoms with van der Waals surface area (Å²) in [6, 6.07) is 80.5. The van der Waals surface area contributed by atoms with E-state index in [2.05, 4.69) is 228 Å². The molecule has 0 amide bonds. The molecule has 1 aromatic heterocycles. The van der Waals surface area contributed by atoms with Gasteiger partial charge in [0, 0.05) is 27.7 Å². The number of benzene rings is 9. The molecule has 1 atom stereocenters. The van der Waals surface area contributed by atoms with E-state index in [1.807, 2.05) is 0 Å². The molecule has 2 aliphatic rings. The summed E-state index contributed by atoms with van der Waals surface area (Å²) in [4.78, 5) is 2.45. The molecule has 2 heterocycles. The number of nitrogens with zero attached hydrogens (tertiary/aromatic N) is 2. The SMILES string of the molecule is c1ccc(-c2ccc(-c3ccccc3N(c3ccccc3)c3ccc4c(c3)C3(c5ccccc5-4)c4ccccc4-n4c5ccccc5c5cccc3c54)cc2)cc1. The van der Waals surface area contributed by atoms with Crippen LogP contribution in [0.2, 0.25) is 0 Å². The maximum absolute atomic E-state index is 2.51. The Labute approximate surface area is 332 Å². The summed E-state index contributed by atoms with van der Waals surface area (Å²) >= 11 is 0. The monoisotopic (exact) mass is 724 g/mol. The molecule has 1 spiro atoms. The highest BCUT2D eigenvalue weighted by Gasteiger charge is 2.51. The van der Waals surface area contributed by atoms with Crippen molar-refractivity contribution in [3.8, 4) is 39.1 Å². The third kappa shape index (κ3) is 4.47. The molecule has 12 rings (SSSR count). The van der Waals surface area contributed by atoms with E-state index < -0.39 is 5.41 Å². The van der Waals surface area contributed by atoms with Gasteiger partial charge in [0.1, 0.15) is 0 Å². The molecular formula is C55H36N2. The maximum Gasteiger partial charge on any atom is 0.0755 e. The van der Waals surface area contributed by atoms with Crippen molar-refractivity contribution in [3.63, 3.8) is 0 Å². The normalized spacial score (nSPS) is 14.7. The number of fused-ring (bicyclic) bond motifs is 12. The molecule has 1 aliphatic carbocycles. The first kappa shape index (κ1) is 31.9. The van der Waals surface area contributed by atoms with Crippen molar-refractivity contribution in [2.45, 2.75) is 5.41 Å². The number of anilines is 3. The minimum absolute atomic E-state index is 0.530. The molecule has 1 aliphatic heterocycles. The fourth-order valence-electron chi connectivity index (χ4n) is 10.1. The zero-order valence-electron chi connectivity index (χ0n) is 31.2. The lowest BCUT2D eigenvalue weighted by Crippen LogP contribution is -2.33. The van der Waals surface area contributed by atoms with E-state index in [9.17, 15) is 0 Å². The van der Waals surface area contributed by atoms with Crippen LogP contribution in [0.3, 0.4) is 0 Å². The second-order valence-corrected chi connectivity index (χ2v) is 15.2. The second-order valence-electron chi connectivity index (χ2n) is 15.2. The minimum atomic E-state index is -0.530. The molecule has 0 N–H and O–H groups in total. The predicted molar refractivity (Wildman–Crippen MR) is 237 cm³/mol. The van der Waals surface area contributed by atoms with E-state index in [1.54, 1.807) is 0 Å². The molecule has 2 nitrogen and oxygen atoms in total. The zero-order chi connectivity index (χ0) is 37.5. The Morgan fingerprint density at radius 2 is 0.947 bits per heavy atom. The van der Waals surface area contributed by atoms with E-state index in [0.717, 1.165) is 17.1 Å². The lowest BCUT2D eigenvalue weighted by Gasteiger charge is -2.40. The van der Waals surface area contributed by atoms with Gasteiger partial charge >= 0.3 is 0 Å². The Hall–Kier alpha value is -7.42. The molecule has 10 aromatic rings. The van der Waals surface area contributed by atoms with Gasteiger partial charge in [-0.05, 0) is 92.5 Å². The third-order valence-electron chi connectivity index (χ3n) is 12.4. The Kier molecular flexibility index (Phi) is 6.88. The Morgan fingerprint density at radius 1 is 0.351 bits per heavy atom. The van der Waals surface area contributed by atoms with Crippen LogP contribution in [0.4, 0.5) is 17.1 Å². The molecule has 0 bridgehead atoms. The van der Waals surface area contributed by atoms with E-state index >= 15 is 0 Å². The number of para-hydroxylation sites is 5. The first-order valence-corrected chi connectivity index (χ1v) is 19.8. The van der Waals surface area contributed by atoms with Crippen molar-refractivity contribution >= 4 is 38.9 Å². The van der Waals surface area contributed by atoms with Crippen molar-refractivity contribution < 1.29 is 0 Å². The highest BCUT2D eigenvalue weighted by molar-refractivity contribution is 6.13. The van der Waals surface area contributed by atoms with Gasteiger partial charge in [-0.25, -0.2) is 0 Å². The van der Waals surface area contributed by atoms with Crippen LogP contribution in [0.15, 0.2) is 218 Å². The predicted octanol–water partition coefficient (Wildman–Crippen LogP) is 14.3. The van der Waals surface area contributed by atoms with E-state index in [0.29, 0.717) is 0 Å². The zero-order valence-corrected chi connectivity index (χ0v) is 31.2. The van der Waals surface area contributed by atoms with Gasteiger partial charge in [0.05, 0.1) is 27.8 Å². The van der Waals surface area contributed by atoms with Crippen molar-refractivity contribution in [3.05, 3.63) is 241 Å². The van der Waals surface area contributed by atoms with Crippen molar-refractivity contribution in [2.24, 2.45) is 0 Å². The fraction of sp³-hybridized carbons (Fsp3) is 0.0182. The van der Waals surface area contributed by atoms with Gasteiger partial charge in [0.25, 0.3) is 0 Å². The van der Waals surface area contributed by atoms with Crippen LogP contribution in [0.5, 0.6) is 0 Å². The summed E-state index contributed by atoms with van der Waals surface area (Å²) in [5.41, 5.74) is 19.2. The Balaban J connectivity index is 1.12. The van der Waals surface area contributed by atoms with Gasteiger partial charge in [-0.1, -0.05) is 176 Å². The Bertz CT molecular complexity index is 3180. The number of aromatic nitrogens is 1. The molecule has 2 heteroatoms. The smallest absolute Gasteiger partial charge is 0.0755 e. The first-order chi connectivity index (χ1) is 28.3. The topological polar surface area (TPSA) is 8.17 Å². The van der Waals surface area contributed by atoms with Crippen LogP contribution < -0.4 is 4.90 Å². The molecule has 0 saturated carbocycles. The van der Waals surface area contributed by atoms with Crippen LogP contribution in [0, 0.1) is 0 Å².